The van der Waals surface area contributed by atoms with Gasteiger partial charge in [-0.15, -0.1) is 0 Å². The number of amides is 3. The van der Waals surface area contributed by atoms with Crippen molar-refractivity contribution in [1.29, 1.82) is 0 Å². The van der Waals surface area contributed by atoms with Crippen molar-refractivity contribution >= 4 is 43.5 Å². The molecular formula is C31H38FN3O7Si. The fourth-order valence-electron chi connectivity index (χ4n) is 6.99. The maximum atomic E-state index is 16.1. The Morgan fingerprint density at radius 1 is 1.19 bits per heavy atom. The first-order chi connectivity index (χ1) is 20.3. The topological polar surface area (TPSA) is 117 Å². The molecule has 43 heavy (non-hydrogen) atoms. The third kappa shape index (κ3) is 5.36. The zero-order valence-corrected chi connectivity index (χ0v) is 26.1. The molecule has 2 saturated heterocycles. The SMILES string of the molecule is CC(=O)OC1CC(=O)N1c1ccc2c(c1)[C@]1(O[C@@H](CC(=O)N(CCO)Cc3ccccc3)[C@H]([Si](C)(C)F)[C@H]1C)C(=O)N2C. The van der Waals surface area contributed by atoms with E-state index >= 15 is 4.11 Å². The Balaban J connectivity index is 1.50. The molecule has 230 valence electrons. The lowest BCUT2D eigenvalue weighted by Crippen LogP contribution is -2.55. The number of anilines is 2. The van der Waals surface area contributed by atoms with Crippen LogP contribution in [0.15, 0.2) is 48.5 Å². The van der Waals surface area contributed by atoms with E-state index in [-0.39, 0.29) is 50.3 Å². The Kier molecular flexibility index (Phi) is 8.23. The number of aliphatic hydroxyl groups excluding tert-OH is 1. The van der Waals surface area contributed by atoms with Crippen molar-refractivity contribution in [1.82, 2.24) is 4.90 Å². The third-order valence-electron chi connectivity index (χ3n) is 8.88. The van der Waals surface area contributed by atoms with Crippen LogP contribution in [-0.2, 0) is 40.8 Å². The van der Waals surface area contributed by atoms with Crippen molar-refractivity contribution in [3.05, 3.63) is 59.7 Å². The molecule has 2 fully saturated rings. The number of β-lactam (4-membered cyclic amide) rings is 1. The number of likely N-dealkylation sites (N-methyl/N-ethyl adjacent to an activating group) is 1. The van der Waals surface area contributed by atoms with Gasteiger partial charge in [0.1, 0.15) is 0 Å². The summed E-state index contributed by atoms with van der Waals surface area (Å²) in [5, 5.41) is 9.69. The van der Waals surface area contributed by atoms with Crippen LogP contribution in [0.2, 0.25) is 18.6 Å². The summed E-state index contributed by atoms with van der Waals surface area (Å²) in [6.07, 6.45) is -1.75. The molecule has 0 aromatic heterocycles. The molecule has 1 spiro atoms. The monoisotopic (exact) mass is 611 g/mol. The van der Waals surface area contributed by atoms with Crippen molar-refractivity contribution in [3.63, 3.8) is 0 Å². The quantitative estimate of drug-likeness (QED) is 0.200. The van der Waals surface area contributed by atoms with Crippen LogP contribution in [0.1, 0.15) is 37.8 Å². The third-order valence-corrected chi connectivity index (χ3v) is 11.3. The van der Waals surface area contributed by atoms with Crippen LogP contribution in [-0.4, -0.2) is 74.6 Å². The Hall–Kier alpha value is -3.61. The molecule has 3 heterocycles. The average molecular weight is 612 g/mol. The van der Waals surface area contributed by atoms with Crippen LogP contribution in [0.3, 0.4) is 0 Å². The van der Waals surface area contributed by atoms with Crippen molar-refractivity contribution in [2.45, 2.75) is 69.8 Å². The standard InChI is InChI=1S/C31H38FN3O7Si/c1-19-29(43(4,5)32)25(16-26(38)34(13-14-36)18-21-9-7-6-8-10-21)42-31(19)23-15-22(11-12-24(23)33(3)30(31)40)35-27(39)17-28(35)41-20(2)37/h6-12,15,19,25,28-29,36H,13-14,16-18H2,1-5H3/t19-,25+,28?,29-,31+/m1/s1. The maximum Gasteiger partial charge on any atom is 0.304 e. The zero-order chi connectivity index (χ0) is 31.3. The van der Waals surface area contributed by atoms with Crippen LogP contribution in [0.5, 0.6) is 0 Å². The van der Waals surface area contributed by atoms with Gasteiger partial charge in [-0.2, -0.15) is 0 Å². The Morgan fingerprint density at radius 3 is 2.49 bits per heavy atom. The number of halogens is 1. The van der Waals surface area contributed by atoms with Gasteiger partial charge in [0, 0.05) is 49.8 Å². The normalized spacial score (nSPS) is 26.5. The minimum Gasteiger partial charge on any atom is -0.441 e. The van der Waals surface area contributed by atoms with E-state index < -0.39 is 43.8 Å². The van der Waals surface area contributed by atoms with Gasteiger partial charge in [-0.25, -0.2) is 0 Å². The Labute approximate surface area is 251 Å². The lowest BCUT2D eigenvalue weighted by molar-refractivity contribution is -0.154. The lowest BCUT2D eigenvalue weighted by atomic mass is 9.82. The smallest absolute Gasteiger partial charge is 0.304 e. The highest BCUT2D eigenvalue weighted by Gasteiger charge is 2.66. The van der Waals surface area contributed by atoms with Gasteiger partial charge in [-0.1, -0.05) is 37.3 Å². The molecule has 2 aromatic carbocycles. The van der Waals surface area contributed by atoms with Gasteiger partial charge in [0.2, 0.25) is 20.2 Å². The predicted molar refractivity (Wildman–Crippen MR) is 159 cm³/mol. The van der Waals surface area contributed by atoms with Crippen molar-refractivity contribution in [2.75, 3.05) is 30.0 Å². The van der Waals surface area contributed by atoms with Crippen molar-refractivity contribution < 1.29 is 37.9 Å². The van der Waals surface area contributed by atoms with Gasteiger partial charge in [0.15, 0.2) is 11.8 Å². The van der Waals surface area contributed by atoms with E-state index in [9.17, 15) is 24.3 Å². The summed E-state index contributed by atoms with van der Waals surface area (Å²) in [5.41, 5.74) is 0.103. The maximum absolute atomic E-state index is 16.1. The van der Waals surface area contributed by atoms with Gasteiger partial charge in [0.05, 0.1) is 31.2 Å². The molecule has 5 rings (SSSR count). The van der Waals surface area contributed by atoms with Crippen LogP contribution >= 0.6 is 0 Å². The van der Waals surface area contributed by atoms with Gasteiger partial charge >= 0.3 is 5.97 Å². The molecule has 5 atom stereocenters. The number of aliphatic hydroxyl groups is 1. The predicted octanol–water partition coefficient (Wildman–Crippen LogP) is 3.48. The number of nitrogens with zero attached hydrogens (tertiary/aromatic N) is 3. The number of fused-ring (bicyclic) bond motifs is 2. The molecule has 0 bridgehead atoms. The number of esters is 1. The van der Waals surface area contributed by atoms with Crippen LogP contribution < -0.4 is 9.80 Å². The van der Waals surface area contributed by atoms with Crippen LogP contribution in [0.4, 0.5) is 15.5 Å². The minimum atomic E-state index is -3.52. The van der Waals surface area contributed by atoms with Crippen LogP contribution in [0, 0.1) is 5.92 Å². The van der Waals surface area contributed by atoms with Gasteiger partial charge in [-0.3, -0.25) is 24.1 Å². The van der Waals surface area contributed by atoms with E-state index in [1.807, 2.05) is 30.3 Å². The van der Waals surface area contributed by atoms with E-state index in [2.05, 4.69) is 0 Å². The van der Waals surface area contributed by atoms with E-state index in [0.29, 0.717) is 16.9 Å². The number of hydrogen-bond acceptors (Lipinski definition) is 7. The second-order valence-corrected chi connectivity index (χ2v) is 15.9. The average Bonchev–Trinajstić information content (AvgIpc) is 3.34. The van der Waals surface area contributed by atoms with Crippen molar-refractivity contribution in [3.8, 4) is 0 Å². The largest absolute Gasteiger partial charge is 0.441 e. The second kappa shape index (κ2) is 11.5. The molecule has 12 heteroatoms. The number of ether oxygens (including phenoxy) is 2. The summed E-state index contributed by atoms with van der Waals surface area (Å²) >= 11 is 0. The Morgan fingerprint density at radius 2 is 1.88 bits per heavy atom. The number of benzene rings is 2. The fraction of sp³-hybridized carbons (Fsp3) is 0.484. The highest BCUT2D eigenvalue weighted by Crippen LogP contribution is 2.60. The summed E-state index contributed by atoms with van der Waals surface area (Å²) < 4.78 is 28.1. The minimum absolute atomic E-state index is 0.0504. The summed E-state index contributed by atoms with van der Waals surface area (Å²) in [5.74, 6) is -2.05. The van der Waals surface area contributed by atoms with Gasteiger partial charge in [0.25, 0.3) is 5.91 Å². The van der Waals surface area contributed by atoms with Crippen molar-refractivity contribution in [2.24, 2.45) is 5.92 Å². The lowest BCUT2D eigenvalue weighted by Gasteiger charge is -2.39. The molecule has 0 radical (unpaired) electrons. The molecule has 3 amide bonds. The molecular weight excluding hydrogens is 573 g/mol. The summed E-state index contributed by atoms with van der Waals surface area (Å²) in [6.45, 7) is 6.33. The summed E-state index contributed by atoms with van der Waals surface area (Å²) in [4.78, 5) is 56.2. The number of carbonyl (C=O) groups is 4. The summed E-state index contributed by atoms with van der Waals surface area (Å²) in [6, 6.07) is 14.4. The second-order valence-electron chi connectivity index (χ2n) is 12.1. The molecule has 1 unspecified atom stereocenters. The van der Waals surface area contributed by atoms with E-state index in [1.165, 1.54) is 21.6 Å². The van der Waals surface area contributed by atoms with E-state index in [0.717, 1.165) is 5.56 Å². The number of carbonyl (C=O) groups excluding carboxylic acids is 4. The molecule has 2 aromatic rings. The molecule has 0 saturated carbocycles. The fourth-order valence-corrected chi connectivity index (χ4v) is 9.49. The number of rotatable bonds is 9. The molecule has 3 aliphatic rings. The highest BCUT2D eigenvalue weighted by atomic mass is 28.4. The van der Waals surface area contributed by atoms with E-state index in [4.69, 9.17) is 9.47 Å². The number of hydrogen-bond donors (Lipinski definition) is 1. The molecule has 10 nitrogen and oxygen atoms in total. The Bertz CT molecular complexity index is 1430. The van der Waals surface area contributed by atoms with Gasteiger partial charge in [-0.05, 0) is 36.9 Å². The zero-order valence-electron chi connectivity index (χ0n) is 25.1. The van der Waals surface area contributed by atoms with E-state index in [1.54, 1.807) is 45.3 Å². The molecule has 1 N–H and O–H groups in total. The summed E-state index contributed by atoms with van der Waals surface area (Å²) in [7, 11) is -1.90. The first-order valence-electron chi connectivity index (χ1n) is 14.5. The van der Waals surface area contributed by atoms with Crippen LogP contribution in [0.25, 0.3) is 0 Å². The molecule has 0 aliphatic carbocycles. The first kappa shape index (κ1) is 30.8. The highest BCUT2D eigenvalue weighted by molar-refractivity contribution is 6.72. The van der Waals surface area contributed by atoms with Gasteiger partial charge < -0.3 is 28.5 Å². The first-order valence-corrected chi connectivity index (χ1v) is 17.5. The molecule has 3 aliphatic heterocycles.